The van der Waals surface area contributed by atoms with Crippen LogP contribution in [0.5, 0.6) is 0 Å². The fraction of sp³-hybridized carbons (Fsp3) is 0.200. The van der Waals surface area contributed by atoms with Crippen molar-refractivity contribution in [1.82, 2.24) is 4.90 Å². The molecule has 0 radical (unpaired) electrons. The molecule has 2 aromatic carbocycles. The highest BCUT2D eigenvalue weighted by Crippen LogP contribution is 2.23. The van der Waals surface area contributed by atoms with Crippen molar-refractivity contribution in [2.75, 3.05) is 19.4 Å². The first-order chi connectivity index (χ1) is 13.0. The second-order valence-corrected chi connectivity index (χ2v) is 7.06. The summed E-state index contributed by atoms with van der Waals surface area (Å²) in [7, 11) is 1.32. The number of hydrogen-bond acceptors (Lipinski definition) is 6. The number of amides is 2. The molecule has 0 aliphatic carbocycles. The smallest absolute Gasteiger partial charge is 0.337 e. The second kappa shape index (κ2) is 8.18. The van der Waals surface area contributed by atoms with Gasteiger partial charge in [-0.3, -0.25) is 19.3 Å². The number of thioether (sulfide) groups is 1. The molecule has 0 spiro atoms. The Morgan fingerprint density at radius 2 is 1.56 bits per heavy atom. The van der Waals surface area contributed by atoms with Crippen LogP contribution >= 0.6 is 11.8 Å². The lowest BCUT2D eigenvalue weighted by molar-refractivity contribution is -0.119. The van der Waals surface area contributed by atoms with Gasteiger partial charge in [0.2, 0.25) is 0 Å². The zero-order valence-corrected chi connectivity index (χ0v) is 15.5. The zero-order chi connectivity index (χ0) is 19.4. The first-order valence-electron chi connectivity index (χ1n) is 8.29. The molecular formula is C20H17NO5S. The minimum Gasteiger partial charge on any atom is -0.465 e. The van der Waals surface area contributed by atoms with Gasteiger partial charge in [-0.2, -0.15) is 0 Å². The summed E-state index contributed by atoms with van der Waals surface area (Å²) >= 11 is 1.46. The highest BCUT2D eigenvalue weighted by atomic mass is 32.2. The molecule has 0 fully saturated rings. The summed E-state index contributed by atoms with van der Waals surface area (Å²) in [6, 6.07) is 13.5. The lowest BCUT2D eigenvalue weighted by atomic mass is 10.1. The number of nitrogens with zero attached hydrogens (tertiary/aromatic N) is 1. The number of imide groups is 1. The van der Waals surface area contributed by atoms with E-state index in [1.807, 2.05) is 0 Å². The molecule has 1 aliphatic rings. The molecule has 6 nitrogen and oxygen atoms in total. The number of carbonyl (C=O) groups excluding carboxylic acids is 4. The van der Waals surface area contributed by atoms with Crippen molar-refractivity contribution in [3.63, 3.8) is 0 Å². The van der Waals surface area contributed by atoms with Crippen LogP contribution in [-0.2, 0) is 9.53 Å². The largest absolute Gasteiger partial charge is 0.465 e. The summed E-state index contributed by atoms with van der Waals surface area (Å²) in [5, 5.41) is 0. The Bertz CT molecular complexity index is 872. The minimum atomic E-state index is -0.421. The van der Waals surface area contributed by atoms with E-state index in [9.17, 15) is 19.2 Å². The number of benzene rings is 2. The third kappa shape index (κ3) is 4.09. The zero-order valence-electron chi connectivity index (χ0n) is 14.6. The molecule has 0 saturated heterocycles. The van der Waals surface area contributed by atoms with Gasteiger partial charge in [0, 0.05) is 17.1 Å². The quantitative estimate of drug-likeness (QED) is 0.415. The van der Waals surface area contributed by atoms with Crippen LogP contribution in [0.15, 0.2) is 53.4 Å². The monoisotopic (exact) mass is 383 g/mol. The van der Waals surface area contributed by atoms with E-state index in [-0.39, 0.29) is 18.7 Å². The predicted molar refractivity (Wildman–Crippen MR) is 99.9 cm³/mol. The van der Waals surface area contributed by atoms with E-state index in [0.29, 0.717) is 22.4 Å². The molecule has 0 bridgehead atoms. The average molecular weight is 383 g/mol. The first-order valence-corrected chi connectivity index (χ1v) is 9.28. The van der Waals surface area contributed by atoms with Gasteiger partial charge < -0.3 is 4.74 Å². The van der Waals surface area contributed by atoms with Crippen LogP contribution in [0.25, 0.3) is 0 Å². The van der Waals surface area contributed by atoms with E-state index in [0.717, 1.165) is 9.80 Å². The van der Waals surface area contributed by atoms with Gasteiger partial charge in [0.1, 0.15) is 0 Å². The van der Waals surface area contributed by atoms with Crippen LogP contribution in [0, 0.1) is 0 Å². The SMILES string of the molecule is COC(=O)c1ccc(SCCC(=O)CN2C(=O)c3ccccc3C2=O)cc1. The Hall–Kier alpha value is -2.93. The highest BCUT2D eigenvalue weighted by Gasteiger charge is 2.35. The third-order valence-electron chi connectivity index (χ3n) is 4.14. The van der Waals surface area contributed by atoms with Crippen molar-refractivity contribution < 1.29 is 23.9 Å². The Morgan fingerprint density at radius 1 is 0.963 bits per heavy atom. The van der Waals surface area contributed by atoms with Crippen molar-refractivity contribution in [3.8, 4) is 0 Å². The molecule has 3 rings (SSSR count). The summed E-state index contributed by atoms with van der Waals surface area (Å²) < 4.78 is 4.64. The molecule has 1 heterocycles. The number of esters is 1. The fourth-order valence-electron chi connectivity index (χ4n) is 2.73. The molecule has 1 aliphatic heterocycles. The summed E-state index contributed by atoms with van der Waals surface area (Å²) in [6.07, 6.45) is 0.233. The molecule has 0 N–H and O–H groups in total. The Labute approximate surface area is 160 Å². The third-order valence-corrected chi connectivity index (χ3v) is 5.15. The minimum absolute atomic E-state index is 0.178. The van der Waals surface area contributed by atoms with Crippen molar-refractivity contribution in [2.24, 2.45) is 0 Å². The maximum absolute atomic E-state index is 12.3. The molecule has 0 aromatic heterocycles. The molecule has 2 amide bonds. The van der Waals surface area contributed by atoms with Gasteiger partial charge in [-0.15, -0.1) is 11.8 Å². The molecule has 0 unspecified atom stereocenters. The van der Waals surface area contributed by atoms with E-state index in [4.69, 9.17) is 0 Å². The van der Waals surface area contributed by atoms with E-state index in [2.05, 4.69) is 4.74 Å². The molecule has 2 aromatic rings. The van der Waals surface area contributed by atoms with Crippen molar-refractivity contribution >= 4 is 35.3 Å². The van der Waals surface area contributed by atoms with Gasteiger partial charge in [0.05, 0.1) is 30.3 Å². The Balaban J connectivity index is 1.50. The Morgan fingerprint density at radius 3 is 2.11 bits per heavy atom. The number of fused-ring (bicyclic) bond motifs is 1. The number of carbonyl (C=O) groups is 4. The van der Waals surface area contributed by atoms with Gasteiger partial charge in [-0.1, -0.05) is 12.1 Å². The van der Waals surface area contributed by atoms with Crippen molar-refractivity contribution in [1.29, 1.82) is 0 Å². The molecule has 27 heavy (non-hydrogen) atoms. The lowest BCUT2D eigenvalue weighted by Crippen LogP contribution is -2.35. The normalized spacial score (nSPS) is 12.9. The molecular weight excluding hydrogens is 366 g/mol. The van der Waals surface area contributed by atoms with Crippen LogP contribution < -0.4 is 0 Å². The predicted octanol–water partition coefficient (Wildman–Crippen LogP) is 2.82. The van der Waals surface area contributed by atoms with Crippen molar-refractivity contribution in [2.45, 2.75) is 11.3 Å². The first kappa shape index (κ1) is 18.8. The second-order valence-electron chi connectivity index (χ2n) is 5.90. The van der Waals surface area contributed by atoms with Gasteiger partial charge in [0.25, 0.3) is 11.8 Å². The van der Waals surface area contributed by atoms with Crippen LogP contribution in [0.3, 0.4) is 0 Å². The maximum atomic E-state index is 12.3. The average Bonchev–Trinajstić information content (AvgIpc) is 2.93. The van der Waals surface area contributed by atoms with Gasteiger partial charge in [0.15, 0.2) is 5.78 Å². The van der Waals surface area contributed by atoms with Crippen molar-refractivity contribution in [3.05, 3.63) is 65.2 Å². The number of methoxy groups -OCH3 is 1. The molecule has 138 valence electrons. The van der Waals surface area contributed by atoms with Gasteiger partial charge >= 0.3 is 5.97 Å². The summed E-state index contributed by atoms with van der Waals surface area (Å²) in [5.74, 6) is -0.907. The van der Waals surface area contributed by atoms with E-state index >= 15 is 0 Å². The summed E-state index contributed by atoms with van der Waals surface area (Å²) in [4.78, 5) is 50.0. The number of rotatable bonds is 7. The topological polar surface area (TPSA) is 80.8 Å². The molecule has 7 heteroatoms. The van der Waals surface area contributed by atoms with Gasteiger partial charge in [-0.05, 0) is 36.4 Å². The maximum Gasteiger partial charge on any atom is 0.337 e. The number of ketones is 1. The van der Waals surface area contributed by atoms with Crippen LogP contribution in [-0.4, -0.2) is 47.9 Å². The van der Waals surface area contributed by atoms with Crippen LogP contribution in [0.2, 0.25) is 0 Å². The van der Waals surface area contributed by atoms with Crippen LogP contribution in [0.1, 0.15) is 37.5 Å². The number of ether oxygens (including phenoxy) is 1. The summed E-state index contributed by atoms with van der Waals surface area (Å²) in [5.41, 5.74) is 1.15. The molecule has 0 atom stereocenters. The molecule has 0 saturated carbocycles. The number of hydrogen-bond donors (Lipinski definition) is 0. The van der Waals surface area contributed by atoms with E-state index in [1.165, 1.54) is 18.9 Å². The Kier molecular flexibility index (Phi) is 5.71. The highest BCUT2D eigenvalue weighted by molar-refractivity contribution is 7.99. The number of Topliss-reactive ketones (excluding diaryl/α,β-unsaturated/α-hetero) is 1. The summed E-state index contributed by atoms with van der Waals surface area (Å²) in [6.45, 7) is -0.214. The lowest BCUT2D eigenvalue weighted by Gasteiger charge is -2.12. The fourth-order valence-corrected chi connectivity index (χ4v) is 3.62. The van der Waals surface area contributed by atoms with Crippen LogP contribution in [0.4, 0.5) is 0 Å². The standard InChI is InChI=1S/C20H17NO5S/c1-26-20(25)13-6-8-15(9-7-13)27-11-10-14(22)12-21-18(23)16-4-2-3-5-17(16)19(21)24/h2-9H,10-12H2,1H3. The van der Waals surface area contributed by atoms with E-state index < -0.39 is 17.8 Å². The van der Waals surface area contributed by atoms with E-state index in [1.54, 1.807) is 48.5 Å². The van der Waals surface area contributed by atoms with Gasteiger partial charge in [-0.25, -0.2) is 4.79 Å².